The molecule has 0 fully saturated rings. The first-order chi connectivity index (χ1) is 17.1. The molecule has 0 saturated heterocycles. The summed E-state index contributed by atoms with van der Waals surface area (Å²) in [6, 6.07) is 9.76. The Balaban J connectivity index is 0.000000684. The van der Waals surface area contributed by atoms with E-state index in [2.05, 4.69) is 13.2 Å². The van der Waals surface area contributed by atoms with Gasteiger partial charge in [-0.05, 0) is 53.2 Å². The SMILES string of the molecule is C=C(C)C(=O)OCC(O)COc1ccccc1.C=C(C)C(=O)OCCC[Si](OCC)(OCC)OCC. The van der Waals surface area contributed by atoms with Crippen LogP contribution in [0, 0.1) is 0 Å². The lowest BCUT2D eigenvalue weighted by molar-refractivity contribution is -0.142. The van der Waals surface area contributed by atoms with E-state index < -0.39 is 20.9 Å². The number of para-hydroxylation sites is 1. The number of ether oxygens (including phenoxy) is 3. The number of carbonyl (C=O) groups excluding carboxylic acids is 2. The number of hydrogen-bond donors (Lipinski definition) is 1. The van der Waals surface area contributed by atoms with E-state index in [0.717, 1.165) is 0 Å². The van der Waals surface area contributed by atoms with Crippen LogP contribution in [0.2, 0.25) is 6.04 Å². The largest absolute Gasteiger partial charge is 0.501 e. The average molecular weight is 527 g/mol. The van der Waals surface area contributed by atoms with Gasteiger partial charge in [-0.15, -0.1) is 0 Å². The Bertz CT molecular complexity index is 766. The first kappa shape index (κ1) is 33.5. The number of aliphatic hydroxyl groups is 1. The summed E-state index contributed by atoms with van der Waals surface area (Å²) in [5.41, 5.74) is 0.712. The highest BCUT2D eigenvalue weighted by Crippen LogP contribution is 2.18. The third-order valence-corrected chi connectivity index (χ3v) is 7.39. The third kappa shape index (κ3) is 15.5. The molecule has 1 unspecified atom stereocenters. The molecular weight excluding hydrogens is 484 g/mol. The summed E-state index contributed by atoms with van der Waals surface area (Å²) in [7, 11) is -2.61. The van der Waals surface area contributed by atoms with Gasteiger partial charge in [0, 0.05) is 37.0 Å². The van der Waals surface area contributed by atoms with Crippen molar-refractivity contribution < 1.29 is 42.2 Å². The molecule has 0 aliphatic carbocycles. The molecule has 0 spiro atoms. The van der Waals surface area contributed by atoms with Gasteiger partial charge in [0.2, 0.25) is 0 Å². The van der Waals surface area contributed by atoms with E-state index in [1.54, 1.807) is 26.0 Å². The zero-order valence-corrected chi connectivity index (χ0v) is 23.2. The van der Waals surface area contributed by atoms with E-state index in [4.69, 9.17) is 27.5 Å². The smallest absolute Gasteiger partial charge is 0.491 e. The molecular formula is C26H42O9Si. The topological polar surface area (TPSA) is 110 Å². The van der Waals surface area contributed by atoms with E-state index in [1.807, 2.05) is 39.0 Å². The first-order valence-electron chi connectivity index (χ1n) is 12.0. The second-order valence-electron chi connectivity index (χ2n) is 7.66. The molecule has 1 rings (SSSR count). The van der Waals surface area contributed by atoms with Crippen molar-refractivity contribution in [1.82, 2.24) is 0 Å². The van der Waals surface area contributed by atoms with Crippen LogP contribution in [0.3, 0.4) is 0 Å². The van der Waals surface area contributed by atoms with Crippen molar-refractivity contribution >= 4 is 20.7 Å². The van der Waals surface area contributed by atoms with Crippen LogP contribution >= 0.6 is 0 Å². The summed E-state index contributed by atoms with van der Waals surface area (Å²) < 4.78 is 32.2. The van der Waals surface area contributed by atoms with Gasteiger partial charge in [0.05, 0.1) is 6.61 Å². The summed E-state index contributed by atoms with van der Waals surface area (Å²) in [5, 5.41) is 9.51. The van der Waals surface area contributed by atoms with Gasteiger partial charge in [-0.2, -0.15) is 0 Å². The van der Waals surface area contributed by atoms with Crippen LogP contribution in [0.25, 0.3) is 0 Å². The zero-order valence-electron chi connectivity index (χ0n) is 22.2. The molecule has 36 heavy (non-hydrogen) atoms. The van der Waals surface area contributed by atoms with Gasteiger partial charge < -0.3 is 32.6 Å². The third-order valence-electron chi connectivity index (χ3n) is 4.24. The lowest BCUT2D eigenvalue weighted by Crippen LogP contribution is -2.46. The molecule has 0 aromatic heterocycles. The van der Waals surface area contributed by atoms with Gasteiger partial charge in [-0.3, -0.25) is 0 Å². The molecule has 0 bridgehead atoms. The number of esters is 2. The Kier molecular flexibility index (Phi) is 18.3. The maximum atomic E-state index is 11.2. The molecule has 0 aliphatic rings. The lowest BCUT2D eigenvalue weighted by Gasteiger charge is -2.28. The average Bonchev–Trinajstić information content (AvgIpc) is 2.85. The van der Waals surface area contributed by atoms with Crippen LogP contribution < -0.4 is 4.74 Å². The van der Waals surface area contributed by atoms with E-state index in [0.29, 0.717) is 55.8 Å². The molecule has 0 aliphatic heterocycles. The van der Waals surface area contributed by atoms with Crippen molar-refractivity contribution in [1.29, 1.82) is 0 Å². The molecule has 1 atom stereocenters. The summed E-state index contributed by atoms with van der Waals surface area (Å²) in [4.78, 5) is 22.3. The highest BCUT2D eigenvalue weighted by atomic mass is 28.4. The molecule has 9 nitrogen and oxygen atoms in total. The molecule has 0 amide bonds. The van der Waals surface area contributed by atoms with Crippen LogP contribution in [0.1, 0.15) is 41.0 Å². The van der Waals surface area contributed by atoms with E-state index in [9.17, 15) is 14.7 Å². The second kappa shape index (κ2) is 19.7. The molecule has 0 radical (unpaired) electrons. The lowest BCUT2D eigenvalue weighted by atomic mass is 10.3. The van der Waals surface area contributed by atoms with Gasteiger partial charge >= 0.3 is 20.7 Å². The summed E-state index contributed by atoms with van der Waals surface area (Å²) in [6.45, 7) is 17.9. The van der Waals surface area contributed by atoms with Crippen molar-refractivity contribution in [2.45, 2.75) is 53.2 Å². The van der Waals surface area contributed by atoms with Crippen LogP contribution in [0.4, 0.5) is 0 Å². The number of carbonyl (C=O) groups is 2. The summed E-state index contributed by atoms with van der Waals surface area (Å²) >= 11 is 0. The standard InChI is InChI=1S/C13H26O5Si.C13H16O4/c1-6-16-19(17-7-2,18-8-3)11-9-10-15-13(14)12(4)5;1-10(2)13(15)17-9-11(14)8-16-12-6-4-3-5-7-12/h4,6-11H2,1-3,5H3;3-7,11,14H,1,8-9H2,2H3. The quantitative estimate of drug-likeness (QED) is 0.139. The Morgan fingerprint density at radius 2 is 1.36 bits per heavy atom. The number of aliphatic hydroxyl groups excluding tert-OH is 1. The minimum atomic E-state index is -2.61. The van der Waals surface area contributed by atoms with Gasteiger partial charge in [0.15, 0.2) is 0 Å². The van der Waals surface area contributed by atoms with E-state index in [1.165, 1.54) is 0 Å². The molecule has 0 saturated carbocycles. The Hall–Kier alpha value is -2.50. The zero-order chi connectivity index (χ0) is 27.4. The monoisotopic (exact) mass is 526 g/mol. The maximum Gasteiger partial charge on any atom is 0.501 e. The molecule has 1 aromatic carbocycles. The highest BCUT2D eigenvalue weighted by Gasteiger charge is 2.39. The fourth-order valence-corrected chi connectivity index (χ4v) is 5.21. The maximum absolute atomic E-state index is 11.2. The number of benzene rings is 1. The van der Waals surface area contributed by atoms with Gasteiger partial charge in [-0.25, -0.2) is 9.59 Å². The summed E-state index contributed by atoms with van der Waals surface area (Å²) in [6.07, 6.45) is -0.191. The van der Waals surface area contributed by atoms with Crippen molar-refractivity contribution in [2.24, 2.45) is 0 Å². The second-order valence-corrected chi connectivity index (χ2v) is 10.4. The van der Waals surface area contributed by atoms with E-state index in [-0.39, 0.29) is 19.2 Å². The number of rotatable bonds is 17. The van der Waals surface area contributed by atoms with Crippen molar-refractivity contribution in [2.75, 3.05) is 39.6 Å². The first-order valence-corrected chi connectivity index (χ1v) is 14.0. The Labute approximate surface area is 216 Å². The van der Waals surface area contributed by atoms with Gasteiger partial charge in [0.25, 0.3) is 0 Å². The van der Waals surface area contributed by atoms with Gasteiger partial charge in [0.1, 0.15) is 25.1 Å². The number of hydrogen-bond acceptors (Lipinski definition) is 9. The van der Waals surface area contributed by atoms with Crippen LogP contribution in [0.5, 0.6) is 5.75 Å². The predicted octanol–water partition coefficient (Wildman–Crippen LogP) is 4.09. The summed E-state index contributed by atoms with van der Waals surface area (Å²) in [5.74, 6) is -0.210. The molecule has 1 aromatic rings. The van der Waals surface area contributed by atoms with Crippen LogP contribution in [-0.2, 0) is 32.3 Å². The fourth-order valence-electron chi connectivity index (χ4n) is 2.63. The van der Waals surface area contributed by atoms with Crippen LogP contribution in [0.15, 0.2) is 54.6 Å². The van der Waals surface area contributed by atoms with Crippen molar-refractivity contribution in [3.63, 3.8) is 0 Å². The minimum Gasteiger partial charge on any atom is -0.491 e. The molecule has 204 valence electrons. The van der Waals surface area contributed by atoms with Crippen LogP contribution in [-0.4, -0.2) is 71.6 Å². The Morgan fingerprint density at radius 1 is 0.861 bits per heavy atom. The molecule has 1 N–H and O–H groups in total. The fraction of sp³-hybridized carbons (Fsp3) is 0.538. The van der Waals surface area contributed by atoms with Crippen molar-refractivity contribution in [3.8, 4) is 5.75 Å². The molecule has 10 heteroatoms. The normalized spacial score (nSPS) is 11.5. The Morgan fingerprint density at radius 3 is 1.83 bits per heavy atom. The van der Waals surface area contributed by atoms with E-state index >= 15 is 0 Å². The highest BCUT2D eigenvalue weighted by molar-refractivity contribution is 6.60. The predicted molar refractivity (Wildman–Crippen MR) is 140 cm³/mol. The van der Waals surface area contributed by atoms with Crippen molar-refractivity contribution in [3.05, 3.63) is 54.6 Å². The minimum absolute atomic E-state index is 0.0769. The van der Waals surface area contributed by atoms with Gasteiger partial charge in [-0.1, -0.05) is 31.4 Å². The molecule has 0 heterocycles.